The van der Waals surface area contributed by atoms with Crippen LogP contribution in [-0.4, -0.2) is 17.1 Å². The highest BCUT2D eigenvalue weighted by Crippen LogP contribution is 2.28. The van der Waals surface area contributed by atoms with Crippen molar-refractivity contribution >= 4 is 28.7 Å². The molecule has 2 rings (SSSR count). The molecule has 0 fully saturated rings. The molecular weight excluding hydrogens is 294 g/mol. The first-order chi connectivity index (χ1) is 10.1. The van der Waals surface area contributed by atoms with Crippen molar-refractivity contribution in [2.24, 2.45) is 0 Å². The smallest absolute Gasteiger partial charge is 0.296 e. The maximum atomic E-state index is 11.0. The molecule has 0 bridgehead atoms. The zero-order valence-corrected chi connectivity index (χ0v) is 12.0. The number of hydrogen-bond acceptors (Lipinski definition) is 5. The van der Waals surface area contributed by atoms with Gasteiger partial charge in [0, 0.05) is 0 Å². The van der Waals surface area contributed by atoms with Crippen molar-refractivity contribution in [1.29, 1.82) is 0 Å². The SMILES string of the molecule is COc1ccc(NC(=S)NCc2ccco2)c([N+](=O)[O-])c1. The third-order valence-corrected chi connectivity index (χ3v) is 2.90. The van der Waals surface area contributed by atoms with E-state index in [2.05, 4.69) is 10.6 Å². The highest BCUT2D eigenvalue weighted by Gasteiger charge is 2.16. The minimum absolute atomic E-state index is 0.114. The largest absolute Gasteiger partial charge is 0.496 e. The molecule has 1 aromatic carbocycles. The highest BCUT2D eigenvalue weighted by molar-refractivity contribution is 7.80. The maximum absolute atomic E-state index is 11.0. The number of anilines is 1. The Morgan fingerprint density at radius 1 is 1.48 bits per heavy atom. The summed E-state index contributed by atoms with van der Waals surface area (Å²) >= 11 is 5.10. The Morgan fingerprint density at radius 2 is 2.29 bits per heavy atom. The summed E-state index contributed by atoms with van der Waals surface area (Å²) in [4.78, 5) is 10.5. The fraction of sp³-hybridized carbons (Fsp3) is 0.154. The summed E-state index contributed by atoms with van der Waals surface area (Å²) in [5, 5.41) is 17.0. The summed E-state index contributed by atoms with van der Waals surface area (Å²) in [5.74, 6) is 1.12. The lowest BCUT2D eigenvalue weighted by molar-refractivity contribution is -0.384. The Balaban J connectivity index is 2.04. The van der Waals surface area contributed by atoms with Crippen molar-refractivity contribution in [2.45, 2.75) is 6.54 Å². The molecule has 7 nitrogen and oxygen atoms in total. The lowest BCUT2D eigenvalue weighted by Gasteiger charge is -2.10. The van der Waals surface area contributed by atoms with Gasteiger partial charge in [-0.3, -0.25) is 10.1 Å². The van der Waals surface area contributed by atoms with Crippen molar-refractivity contribution in [1.82, 2.24) is 5.32 Å². The van der Waals surface area contributed by atoms with Crippen LogP contribution in [0.3, 0.4) is 0 Å². The summed E-state index contributed by atoms with van der Waals surface area (Å²) in [6.45, 7) is 0.392. The highest BCUT2D eigenvalue weighted by atomic mass is 32.1. The summed E-state index contributed by atoms with van der Waals surface area (Å²) in [7, 11) is 1.45. The molecule has 0 atom stereocenters. The molecule has 0 unspecified atom stereocenters. The van der Waals surface area contributed by atoms with Gasteiger partial charge in [0.15, 0.2) is 5.11 Å². The van der Waals surface area contributed by atoms with Crippen LogP contribution >= 0.6 is 12.2 Å². The van der Waals surface area contributed by atoms with Gasteiger partial charge in [0.05, 0.1) is 30.9 Å². The van der Waals surface area contributed by atoms with Gasteiger partial charge in [-0.2, -0.15) is 0 Å². The average Bonchev–Trinajstić information content (AvgIpc) is 2.98. The van der Waals surface area contributed by atoms with Gasteiger partial charge in [0.2, 0.25) is 0 Å². The number of rotatable bonds is 5. The molecule has 1 aromatic heterocycles. The van der Waals surface area contributed by atoms with Crippen LogP contribution in [0.2, 0.25) is 0 Å². The van der Waals surface area contributed by atoms with Crippen LogP contribution < -0.4 is 15.4 Å². The Bertz CT molecular complexity index is 643. The monoisotopic (exact) mass is 307 g/mol. The van der Waals surface area contributed by atoms with E-state index in [4.69, 9.17) is 21.4 Å². The Labute approximate surface area is 126 Å². The van der Waals surface area contributed by atoms with Crippen molar-refractivity contribution in [3.63, 3.8) is 0 Å². The Hall–Kier alpha value is -2.61. The number of nitro benzene ring substituents is 1. The van der Waals surface area contributed by atoms with Gasteiger partial charge in [0.25, 0.3) is 5.69 Å². The summed E-state index contributed by atoms with van der Waals surface area (Å²) in [6.07, 6.45) is 1.56. The average molecular weight is 307 g/mol. The number of hydrogen-bond donors (Lipinski definition) is 2. The van der Waals surface area contributed by atoms with E-state index in [1.807, 2.05) is 0 Å². The quantitative estimate of drug-likeness (QED) is 0.498. The summed E-state index contributed by atoms with van der Waals surface area (Å²) < 4.78 is 10.1. The van der Waals surface area contributed by atoms with Crippen LogP contribution in [-0.2, 0) is 6.54 Å². The number of ether oxygens (including phenoxy) is 1. The number of nitrogens with one attached hydrogen (secondary N) is 2. The molecule has 2 N–H and O–H groups in total. The number of thiocarbonyl (C=S) groups is 1. The first-order valence-corrected chi connectivity index (χ1v) is 6.40. The molecule has 0 aliphatic carbocycles. The molecule has 0 saturated heterocycles. The number of nitrogens with zero attached hydrogens (tertiary/aromatic N) is 1. The molecule has 0 radical (unpaired) electrons. The van der Waals surface area contributed by atoms with Gasteiger partial charge >= 0.3 is 0 Å². The van der Waals surface area contributed by atoms with E-state index in [1.165, 1.54) is 19.2 Å². The Morgan fingerprint density at radius 3 is 2.90 bits per heavy atom. The predicted octanol–water partition coefficient (Wildman–Crippen LogP) is 2.68. The second-order valence-electron chi connectivity index (χ2n) is 4.03. The Kier molecular flexibility index (Phi) is 4.72. The molecule has 2 aromatic rings. The molecule has 110 valence electrons. The van der Waals surface area contributed by atoms with Crippen LogP contribution in [0.1, 0.15) is 5.76 Å². The number of methoxy groups -OCH3 is 1. The molecule has 1 heterocycles. The molecule has 0 aliphatic rings. The normalized spacial score (nSPS) is 9.95. The van der Waals surface area contributed by atoms with Gasteiger partial charge in [-0.05, 0) is 36.5 Å². The molecule has 21 heavy (non-hydrogen) atoms. The zero-order valence-electron chi connectivity index (χ0n) is 11.2. The minimum Gasteiger partial charge on any atom is -0.496 e. The van der Waals surface area contributed by atoms with E-state index in [9.17, 15) is 10.1 Å². The van der Waals surface area contributed by atoms with Crippen molar-refractivity contribution in [2.75, 3.05) is 12.4 Å². The molecule has 0 amide bonds. The fourth-order valence-corrected chi connectivity index (χ4v) is 1.82. The first kappa shape index (κ1) is 14.8. The second-order valence-corrected chi connectivity index (χ2v) is 4.44. The van der Waals surface area contributed by atoms with E-state index >= 15 is 0 Å². The van der Waals surface area contributed by atoms with Crippen LogP contribution in [0.4, 0.5) is 11.4 Å². The predicted molar refractivity (Wildman–Crippen MR) is 81.4 cm³/mol. The van der Waals surface area contributed by atoms with Crippen LogP contribution in [0, 0.1) is 10.1 Å². The maximum Gasteiger partial charge on any atom is 0.296 e. The zero-order chi connectivity index (χ0) is 15.2. The fourth-order valence-electron chi connectivity index (χ4n) is 1.64. The van der Waals surface area contributed by atoms with Crippen LogP contribution in [0.25, 0.3) is 0 Å². The van der Waals surface area contributed by atoms with Crippen molar-refractivity contribution in [3.05, 3.63) is 52.5 Å². The number of benzene rings is 1. The molecule has 0 saturated carbocycles. The van der Waals surface area contributed by atoms with E-state index in [1.54, 1.807) is 24.5 Å². The van der Waals surface area contributed by atoms with E-state index in [0.29, 0.717) is 18.1 Å². The van der Waals surface area contributed by atoms with Crippen molar-refractivity contribution in [3.8, 4) is 5.75 Å². The van der Waals surface area contributed by atoms with Gasteiger partial charge < -0.3 is 19.8 Å². The van der Waals surface area contributed by atoms with Crippen LogP contribution in [0.15, 0.2) is 41.0 Å². The van der Waals surface area contributed by atoms with Gasteiger partial charge in [-0.15, -0.1) is 0 Å². The summed E-state index contributed by atoms with van der Waals surface area (Å²) in [5.41, 5.74) is 0.175. The standard InChI is InChI=1S/C13H13N3O4S/c1-19-9-4-5-11(12(7-9)16(17)18)15-13(21)14-8-10-3-2-6-20-10/h2-7H,8H2,1H3,(H2,14,15,21). The lowest BCUT2D eigenvalue weighted by atomic mass is 10.2. The molecule has 0 aliphatic heterocycles. The van der Waals surface area contributed by atoms with E-state index in [0.717, 1.165) is 0 Å². The third kappa shape index (κ3) is 3.93. The number of furan rings is 1. The van der Waals surface area contributed by atoms with Gasteiger partial charge in [-0.1, -0.05) is 0 Å². The second kappa shape index (κ2) is 6.71. The lowest BCUT2D eigenvalue weighted by Crippen LogP contribution is -2.28. The topological polar surface area (TPSA) is 89.6 Å². The van der Waals surface area contributed by atoms with E-state index in [-0.39, 0.29) is 16.5 Å². The number of nitro groups is 1. The summed E-state index contributed by atoms with van der Waals surface area (Å²) in [6, 6.07) is 8.05. The third-order valence-electron chi connectivity index (χ3n) is 2.65. The van der Waals surface area contributed by atoms with Crippen LogP contribution in [0.5, 0.6) is 5.75 Å². The molecular formula is C13H13N3O4S. The first-order valence-electron chi connectivity index (χ1n) is 6.00. The van der Waals surface area contributed by atoms with E-state index < -0.39 is 4.92 Å². The molecule has 0 spiro atoms. The van der Waals surface area contributed by atoms with Gasteiger partial charge in [-0.25, -0.2) is 0 Å². The minimum atomic E-state index is -0.500. The van der Waals surface area contributed by atoms with Gasteiger partial charge in [0.1, 0.15) is 17.2 Å². The van der Waals surface area contributed by atoms with Crippen molar-refractivity contribution < 1.29 is 14.1 Å². The molecule has 8 heteroatoms.